The highest BCUT2D eigenvalue weighted by Crippen LogP contribution is 2.26. The fraction of sp³-hybridized carbons (Fsp3) is 0.158. The molecule has 0 saturated heterocycles. The third-order valence-electron chi connectivity index (χ3n) is 4.90. The first-order valence-corrected chi connectivity index (χ1v) is 11.1. The Balaban J connectivity index is 1.58. The number of sulfonamides is 1. The minimum Gasteiger partial charge on any atom is -0.289 e. The molecule has 28 heavy (non-hydrogen) atoms. The molecule has 3 aromatic heterocycles. The number of aromatic amines is 1. The molecule has 9 heteroatoms. The topological polar surface area (TPSA) is 87.5 Å². The van der Waals surface area contributed by atoms with Crippen molar-refractivity contribution in [3.8, 4) is 11.3 Å². The van der Waals surface area contributed by atoms with Crippen LogP contribution in [0.5, 0.6) is 0 Å². The summed E-state index contributed by atoms with van der Waals surface area (Å²) in [6.45, 7) is 0.343. The number of fused-ring (bicyclic) bond motifs is 2. The van der Waals surface area contributed by atoms with Crippen molar-refractivity contribution in [1.82, 2.24) is 18.9 Å². The molecule has 0 bridgehead atoms. The van der Waals surface area contributed by atoms with Gasteiger partial charge in [-0.25, -0.2) is 17.9 Å². The van der Waals surface area contributed by atoms with Gasteiger partial charge in [0.1, 0.15) is 4.21 Å². The average Bonchev–Trinajstić information content (AvgIpc) is 3.39. The molecule has 142 valence electrons. The van der Waals surface area contributed by atoms with Crippen LogP contribution in [0.25, 0.3) is 16.9 Å². The molecule has 0 fully saturated rings. The highest BCUT2D eigenvalue weighted by molar-refractivity contribution is 7.91. The minimum absolute atomic E-state index is 0.0318. The molecule has 0 saturated carbocycles. The van der Waals surface area contributed by atoms with E-state index >= 15 is 0 Å². The van der Waals surface area contributed by atoms with Crippen LogP contribution in [0, 0.1) is 0 Å². The van der Waals surface area contributed by atoms with Gasteiger partial charge in [0.25, 0.3) is 15.6 Å². The zero-order valence-electron chi connectivity index (χ0n) is 14.7. The molecule has 5 rings (SSSR count). The summed E-state index contributed by atoms with van der Waals surface area (Å²) in [6, 6.07) is 14.8. The van der Waals surface area contributed by atoms with E-state index in [9.17, 15) is 13.2 Å². The molecule has 0 aliphatic carbocycles. The van der Waals surface area contributed by atoms with Gasteiger partial charge in [0.05, 0.1) is 17.0 Å². The van der Waals surface area contributed by atoms with Gasteiger partial charge in [-0.1, -0.05) is 36.4 Å². The van der Waals surface area contributed by atoms with Gasteiger partial charge in [0, 0.05) is 25.6 Å². The molecule has 1 aliphatic rings. The Bertz CT molecular complexity index is 1320. The molecule has 4 aromatic rings. The van der Waals surface area contributed by atoms with Crippen molar-refractivity contribution in [3.63, 3.8) is 0 Å². The SMILES string of the molecule is O=c1c2c(nc3cc(-c4ccccc4)[nH]n13)CCN(S(=O)(=O)c1cccs1)C2. The summed E-state index contributed by atoms with van der Waals surface area (Å²) in [5.41, 5.74) is 3.11. The van der Waals surface area contributed by atoms with Gasteiger partial charge in [-0.3, -0.25) is 9.89 Å². The fourth-order valence-electron chi connectivity index (χ4n) is 3.46. The molecule has 0 radical (unpaired) electrons. The number of nitrogens with one attached hydrogen (secondary N) is 1. The lowest BCUT2D eigenvalue weighted by molar-refractivity contribution is 0.386. The first kappa shape index (κ1) is 17.4. The van der Waals surface area contributed by atoms with Crippen molar-refractivity contribution in [2.24, 2.45) is 0 Å². The number of rotatable bonds is 3. The Labute approximate surface area is 164 Å². The Hall–Kier alpha value is -2.75. The zero-order chi connectivity index (χ0) is 19.3. The first-order chi connectivity index (χ1) is 13.5. The molecular formula is C19H16N4O3S2. The third-order valence-corrected chi connectivity index (χ3v) is 8.12. The number of hydrogen-bond donors (Lipinski definition) is 1. The van der Waals surface area contributed by atoms with Crippen molar-refractivity contribution < 1.29 is 8.42 Å². The lowest BCUT2D eigenvalue weighted by Gasteiger charge is -2.26. The van der Waals surface area contributed by atoms with Crippen molar-refractivity contribution in [1.29, 1.82) is 0 Å². The molecule has 4 heterocycles. The second-order valence-electron chi connectivity index (χ2n) is 6.59. The number of H-pyrrole nitrogens is 1. The molecule has 0 amide bonds. The van der Waals surface area contributed by atoms with E-state index in [0.717, 1.165) is 11.3 Å². The van der Waals surface area contributed by atoms with E-state index in [1.165, 1.54) is 20.2 Å². The van der Waals surface area contributed by atoms with Crippen LogP contribution in [-0.4, -0.2) is 33.9 Å². The van der Waals surface area contributed by atoms with E-state index in [1.807, 2.05) is 36.4 Å². The fourth-order valence-corrected chi connectivity index (χ4v) is 6.02. The molecule has 1 aromatic carbocycles. The summed E-state index contributed by atoms with van der Waals surface area (Å²) < 4.78 is 28.7. The maximum atomic E-state index is 13.0. The van der Waals surface area contributed by atoms with Crippen molar-refractivity contribution in [3.05, 3.63) is 75.5 Å². The highest BCUT2D eigenvalue weighted by Gasteiger charge is 2.31. The van der Waals surface area contributed by atoms with E-state index in [4.69, 9.17) is 0 Å². The molecule has 0 unspecified atom stereocenters. The Morgan fingerprint density at radius 3 is 2.68 bits per heavy atom. The third kappa shape index (κ3) is 2.70. The second kappa shape index (κ2) is 6.40. The van der Waals surface area contributed by atoms with Crippen LogP contribution in [-0.2, 0) is 23.0 Å². The first-order valence-electron chi connectivity index (χ1n) is 8.76. The maximum Gasteiger partial charge on any atom is 0.277 e. The molecule has 0 atom stereocenters. The Morgan fingerprint density at radius 1 is 1.11 bits per heavy atom. The summed E-state index contributed by atoms with van der Waals surface area (Å²) >= 11 is 1.18. The second-order valence-corrected chi connectivity index (χ2v) is 9.70. The molecule has 1 N–H and O–H groups in total. The standard InChI is InChI=1S/C19H16N4O3S2/c24-19-14-12-22(28(25,26)18-7-4-10-27-18)9-8-15(14)20-17-11-16(21-23(17)19)13-5-2-1-3-6-13/h1-7,10-11,21H,8-9,12H2. The quantitative estimate of drug-likeness (QED) is 0.560. The summed E-state index contributed by atoms with van der Waals surface area (Å²) in [5.74, 6) is 0. The lowest BCUT2D eigenvalue weighted by atomic mass is 10.1. The van der Waals surface area contributed by atoms with Crippen LogP contribution in [0.1, 0.15) is 11.3 Å². The minimum atomic E-state index is -3.60. The summed E-state index contributed by atoms with van der Waals surface area (Å²) in [4.78, 5) is 17.7. The zero-order valence-corrected chi connectivity index (χ0v) is 16.3. The number of benzene rings is 1. The average molecular weight is 412 g/mol. The smallest absolute Gasteiger partial charge is 0.277 e. The Kier molecular flexibility index (Phi) is 3.97. The van der Waals surface area contributed by atoms with Crippen LogP contribution in [0.3, 0.4) is 0 Å². The van der Waals surface area contributed by atoms with Crippen LogP contribution in [0.15, 0.2) is 62.9 Å². The molecule has 0 spiro atoms. The van der Waals surface area contributed by atoms with Crippen molar-refractivity contribution in [2.45, 2.75) is 17.2 Å². The van der Waals surface area contributed by atoms with E-state index < -0.39 is 10.0 Å². The predicted molar refractivity (Wildman–Crippen MR) is 107 cm³/mol. The largest absolute Gasteiger partial charge is 0.289 e. The molecule has 7 nitrogen and oxygen atoms in total. The van der Waals surface area contributed by atoms with Gasteiger partial charge in [-0.15, -0.1) is 11.3 Å². The van der Waals surface area contributed by atoms with Gasteiger partial charge in [0.2, 0.25) is 0 Å². The van der Waals surface area contributed by atoms with E-state index in [0.29, 0.717) is 29.9 Å². The normalized spacial score (nSPS) is 15.0. The Morgan fingerprint density at radius 2 is 1.93 bits per heavy atom. The van der Waals surface area contributed by atoms with Gasteiger partial charge in [-0.2, -0.15) is 4.31 Å². The summed E-state index contributed by atoms with van der Waals surface area (Å²) in [6.07, 6.45) is 0.414. The number of nitrogens with zero attached hydrogens (tertiary/aromatic N) is 3. The van der Waals surface area contributed by atoms with Gasteiger partial charge in [0.15, 0.2) is 5.65 Å². The van der Waals surface area contributed by atoms with Crippen molar-refractivity contribution in [2.75, 3.05) is 6.54 Å². The molecular weight excluding hydrogens is 396 g/mol. The van der Waals surface area contributed by atoms with Crippen LogP contribution in [0.4, 0.5) is 0 Å². The number of aromatic nitrogens is 3. The maximum absolute atomic E-state index is 13.0. The van der Waals surface area contributed by atoms with Gasteiger partial charge < -0.3 is 0 Å². The number of thiophene rings is 1. The van der Waals surface area contributed by atoms with Crippen molar-refractivity contribution >= 4 is 27.0 Å². The van der Waals surface area contributed by atoms with Gasteiger partial charge >= 0.3 is 0 Å². The summed E-state index contributed by atoms with van der Waals surface area (Å²) in [5, 5.41) is 4.82. The van der Waals surface area contributed by atoms with E-state index in [1.54, 1.807) is 17.5 Å². The van der Waals surface area contributed by atoms with Crippen LogP contribution >= 0.6 is 11.3 Å². The van der Waals surface area contributed by atoms with E-state index in [-0.39, 0.29) is 16.3 Å². The monoisotopic (exact) mass is 412 g/mol. The predicted octanol–water partition coefficient (Wildman–Crippen LogP) is 2.50. The highest BCUT2D eigenvalue weighted by atomic mass is 32.2. The van der Waals surface area contributed by atoms with Gasteiger partial charge in [-0.05, 0) is 17.0 Å². The lowest BCUT2D eigenvalue weighted by Crippen LogP contribution is -2.40. The summed E-state index contributed by atoms with van der Waals surface area (Å²) in [7, 11) is -3.60. The molecule has 1 aliphatic heterocycles. The van der Waals surface area contributed by atoms with E-state index in [2.05, 4.69) is 10.1 Å². The number of hydrogen-bond acceptors (Lipinski definition) is 5. The van der Waals surface area contributed by atoms with Crippen LogP contribution < -0.4 is 5.56 Å². The van der Waals surface area contributed by atoms with Crippen LogP contribution in [0.2, 0.25) is 0 Å².